The number of nitrogens with one attached hydrogen (secondary N) is 1. The van der Waals surface area contributed by atoms with Crippen LogP contribution in [0.2, 0.25) is 0 Å². The van der Waals surface area contributed by atoms with Crippen LogP contribution in [0.4, 0.5) is 13.2 Å². The lowest BCUT2D eigenvalue weighted by Crippen LogP contribution is -2.43. The normalized spacial score (nSPS) is 16.8. The first-order valence-electron chi connectivity index (χ1n) is 4.51. The Bertz CT molecular complexity index is 347. The van der Waals surface area contributed by atoms with E-state index in [0.717, 1.165) is 19.2 Å². The second-order valence-corrected chi connectivity index (χ2v) is 3.56. The summed E-state index contributed by atoms with van der Waals surface area (Å²) < 4.78 is 38.5. The molecule has 1 heterocycles. The summed E-state index contributed by atoms with van der Waals surface area (Å²) in [6, 6.07) is 2.28. The molecule has 0 amide bonds. The topological polar surface area (TPSA) is 12.0 Å². The van der Waals surface area contributed by atoms with Crippen molar-refractivity contribution >= 4 is 0 Å². The lowest BCUT2D eigenvalue weighted by molar-refractivity contribution is 0.339. The van der Waals surface area contributed by atoms with Gasteiger partial charge in [0.1, 0.15) is 0 Å². The van der Waals surface area contributed by atoms with Crippen LogP contribution in [0.5, 0.6) is 0 Å². The third-order valence-corrected chi connectivity index (χ3v) is 2.49. The highest BCUT2D eigenvalue weighted by Gasteiger charge is 2.21. The zero-order valence-corrected chi connectivity index (χ0v) is 7.49. The van der Waals surface area contributed by atoms with E-state index in [1.54, 1.807) is 0 Å². The van der Waals surface area contributed by atoms with Gasteiger partial charge in [0, 0.05) is 0 Å². The zero-order valence-electron chi connectivity index (χ0n) is 7.49. The summed E-state index contributed by atoms with van der Waals surface area (Å²) in [6.07, 6.45) is 0.468. The molecule has 4 heteroatoms. The number of halogens is 3. The fraction of sp³-hybridized carbons (Fsp3) is 0.400. The molecule has 1 nitrogen and oxygen atoms in total. The Hall–Kier alpha value is -1.03. The maximum atomic E-state index is 13.1. The van der Waals surface area contributed by atoms with Crippen molar-refractivity contribution < 1.29 is 13.2 Å². The van der Waals surface area contributed by atoms with E-state index in [0.29, 0.717) is 12.3 Å². The van der Waals surface area contributed by atoms with Gasteiger partial charge in [0.2, 0.25) is 0 Å². The molecule has 1 aromatic rings. The van der Waals surface area contributed by atoms with Gasteiger partial charge in [0.25, 0.3) is 0 Å². The van der Waals surface area contributed by atoms with Gasteiger partial charge in [-0.1, -0.05) is 6.07 Å². The largest absolute Gasteiger partial charge is 0.316 e. The molecule has 1 aliphatic rings. The average Bonchev–Trinajstić information content (AvgIpc) is 2.10. The molecule has 0 bridgehead atoms. The molecule has 0 radical (unpaired) electrons. The van der Waals surface area contributed by atoms with Gasteiger partial charge in [0.15, 0.2) is 17.5 Å². The van der Waals surface area contributed by atoms with Crippen LogP contribution in [0.1, 0.15) is 5.56 Å². The number of hydrogen-bond acceptors (Lipinski definition) is 1. The van der Waals surface area contributed by atoms with Crippen LogP contribution < -0.4 is 5.32 Å². The summed E-state index contributed by atoms with van der Waals surface area (Å²) in [5.74, 6) is -3.20. The van der Waals surface area contributed by atoms with Crippen molar-refractivity contribution in [1.29, 1.82) is 0 Å². The minimum absolute atomic E-state index is 0.260. The predicted octanol–water partition coefficient (Wildman–Crippen LogP) is 1.87. The summed E-state index contributed by atoms with van der Waals surface area (Å²) >= 11 is 0. The van der Waals surface area contributed by atoms with Gasteiger partial charge < -0.3 is 5.32 Å². The van der Waals surface area contributed by atoms with Crippen LogP contribution in [0.15, 0.2) is 12.1 Å². The molecule has 1 aromatic carbocycles. The van der Waals surface area contributed by atoms with Crippen molar-refractivity contribution in [2.45, 2.75) is 6.42 Å². The minimum atomic E-state index is -1.37. The van der Waals surface area contributed by atoms with E-state index in [1.165, 1.54) is 6.07 Å². The molecule has 0 atom stereocenters. The number of hydrogen-bond donors (Lipinski definition) is 1. The van der Waals surface area contributed by atoms with Gasteiger partial charge in [-0.3, -0.25) is 0 Å². The van der Waals surface area contributed by atoms with E-state index in [4.69, 9.17) is 0 Å². The Kier molecular flexibility index (Phi) is 2.46. The van der Waals surface area contributed by atoms with Gasteiger partial charge in [-0.2, -0.15) is 0 Å². The SMILES string of the molecule is Fc1ccc(CC2CNC2)c(F)c1F. The highest BCUT2D eigenvalue weighted by molar-refractivity contribution is 5.21. The average molecular weight is 201 g/mol. The smallest absolute Gasteiger partial charge is 0.194 e. The van der Waals surface area contributed by atoms with Crippen molar-refractivity contribution in [3.63, 3.8) is 0 Å². The molecular weight excluding hydrogens is 191 g/mol. The highest BCUT2D eigenvalue weighted by Crippen LogP contribution is 2.19. The maximum absolute atomic E-state index is 13.1. The molecule has 14 heavy (non-hydrogen) atoms. The van der Waals surface area contributed by atoms with Crippen molar-refractivity contribution in [3.05, 3.63) is 35.1 Å². The Balaban J connectivity index is 2.20. The zero-order chi connectivity index (χ0) is 10.1. The van der Waals surface area contributed by atoms with Crippen molar-refractivity contribution in [3.8, 4) is 0 Å². The van der Waals surface area contributed by atoms with Crippen molar-refractivity contribution in [2.75, 3.05) is 13.1 Å². The summed E-state index contributed by atoms with van der Waals surface area (Å²) in [5, 5.41) is 3.04. The van der Waals surface area contributed by atoms with Gasteiger partial charge in [-0.15, -0.1) is 0 Å². The van der Waals surface area contributed by atoms with Crippen LogP contribution in [0.25, 0.3) is 0 Å². The molecule has 1 N–H and O–H groups in total. The molecule has 2 rings (SSSR count). The van der Waals surface area contributed by atoms with E-state index in [9.17, 15) is 13.2 Å². The van der Waals surface area contributed by atoms with Crippen LogP contribution >= 0.6 is 0 Å². The van der Waals surface area contributed by atoms with Crippen LogP contribution in [0, 0.1) is 23.4 Å². The molecule has 0 aliphatic carbocycles. The third-order valence-electron chi connectivity index (χ3n) is 2.49. The summed E-state index contributed by atoms with van der Waals surface area (Å²) in [4.78, 5) is 0. The molecule has 1 saturated heterocycles. The van der Waals surface area contributed by atoms with E-state index < -0.39 is 17.5 Å². The first-order chi connectivity index (χ1) is 6.68. The number of rotatable bonds is 2. The minimum Gasteiger partial charge on any atom is -0.316 e. The molecule has 0 aromatic heterocycles. The monoisotopic (exact) mass is 201 g/mol. The maximum Gasteiger partial charge on any atom is 0.194 e. The van der Waals surface area contributed by atoms with Gasteiger partial charge >= 0.3 is 0 Å². The van der Waals surface area contributed by atoms with Crippen LogP contribution in [-0.2, 0) is 6.42 Å². The van der Waals surface area contributed by atoms with E-state index in [1.807, 2.05) is 0 Å². The first-order valence-corrected chi connectivity index (χ1v) is 4.51. The summed E-state index contributed by atoms with van der Waals surface area (Å²) in [6.45, 7) is 1.64. The van der Waals surface area contributed by atoms with Crippen molar-refractivity contribution in [2.24, 2.45) is 5.92 Å². The van der Waals surface area contributed by atoms with Crippen molar-refractivity contribution in [1.82, 2.24) is 5.32 Å². The summed E-state index contributed by atoms with van der Waals surface area (Å²) in [7, 11) is 0. The Morgan fingerprint density at radius 1 is 1.14 bits per heavy atom. The molecule has 0 saturated carbocycles. The fourth-order valence-electron chi connectivity index (χ4n) is 1.53. The second-order valence-electron chi connectivity index (χ2n) is 3.56. The predicted molar refractivity (Wildman–Crippen MR) is 46.4 cm³/mol. The molecule has 76 valence electrons. The molecule has 1 aliphatic heterocycles. The standard InChI is InChI=1S/C10H10F3N/c11-8-2-1-7(9(12)10(8)13)3-6-4-14-5-6/h1-2,6,14H,3-5H2. The van der Waals surface area contributed by atoms with Gasteiger partial charge in [0.05, 0.1) is 0 Å². The Morgan fingerprint density at radius 2 is 1.86 bits per heavy atom. The molecule has 1 fully saturated rings. The molecular formula is C10H10F3N. The molecule has 0 spiro atoms. The van der Waals surface area contributed by atoms with E-state index in [2.05, 4.69) is 5.32 Å². The van der Waals surface area contributed by atoms with Crippen LogP contribution in [0.3, 0.4) is 0 Å². The fourth-order valence-corrected chi connectivity index (χ4v) is 1.53. The van der Waals surface area contributed by atoms with Crippen LogP contribution in [-0.4, -0.2) is 13.1 Å². The highest BCUT2D eigenvalue weighted by atomic mass is 19.2. The van der Waals surface area contributed by atoms with E-state index in [-0.39, 0.29) is 5.56 Å². The molecule has 0 unspecified atom stereocenters. The first kappa shape index (κ1) is 9.52. The Morgan fingerprint density at radius 3 is 2.43 bits per heavy atom. The number of benzene rings is 1. The lowest BCUT2D eigenvalue weighted by Gasteiger charge is -2.27. The van der Waals surface area contributed by atoms with Gasteiger partial charge in [-0.05, 0) is 37.1 Å². The second kappa shape index (κ2) is 3.61. The Labute approximate surface area is 79.9 Å². The summed E-state index contributed by atoms with van der Waals surface area (Å²) in [5.41, 5.74) is 0.260. The van der Waals surface area contributed by atoms with E-state index >= 15 is 0 Å². The third kappa shape index (κ3) is 1.62. The quantitative estimate of drug-likeness (QED) is 0.720. The lowest BCUT2D eigenvalue weighted by atomic mass is 9.94. The van der Waals surface area contributed by atoms with Gasteiger partial charge in [-0.25, -0.2) is 13.2 Å².